The maximum atomic E-state index is 13.6. The lowest BCUT2D eigenvalue weighted by molar-refractivity contribution is -0.146. The number of rotatable bonds is 12. The molecule has 1 saturated carbocycles. The van der Waals surface area contributed by atoms with Crippen LogP contribution in [-0.2, 0) is 19.1 Å². The Kier molecular flexibility index (Phi) is 10.5. The van der Waals surface area contributed by atoms with E-state index >= 15 is 0 Å². The molecular weight excluding hydrogens is 478 g/mol. The van der Waals surface area contributed by atoms with Crippen molar-refractivity contribution in [2.24, 2.45) is 28.6 Å². The third-order valence-corrected chi connectivity index (χ3v) is 9.05. The molecule has 0 spiro atoms. The van der Waals surface area contributed by atoms with Gasteiger partial charge in [0.15, 0.2) is 0 Å². The Labute approximate surface area is 231 Å². The van der Waals surface area contributed by atoms with Gasteiger partial charge in [-0.15, -0.1) is 0 Å². The standard InChI is InChI=1S/C31H53N3O4/c1-8-38-29(37)12-11-27(35)33-16-13-32(14-17-33)15-18-34(28(36)19-23(2)21-30(3,4)5)22-24-9-10-25-20-26(24)31(25,6)7/h9,23,25-26H,8,10-22H2,1-7H3. The quantitative estimate of drug-likeness (QED) is 0.268. The average molecular weight is 532 g/mol. The average Bonchev–Trinajstić information content (AvgIpc) is 2.84. The van der Waals surface area contributed by atoms with Crippen LogP contribution in [0.5, 0.6) is 0 Å². The molecule has 2 bridgehead atoms. The SMILES string of the molecule is CCOC(=O)CCC(=O)N1CCN(CCN(CC2=CCC3CC2C3(C)C)C(=O)CC(C)CC(C)(C)C)CC1. The number of carbonyl (C=O) groups is 3. The van der Waals surface area contributed by atoms with Gasteiger partial charge in [0.05, 0.1) is 13.0 Å². The molecule has 3 atom stereocenters. The van der Waals surface area contributed by atoms with E-state index in [0.717, 1.165) is 51.5 Å². The summed E-state index contributed by atoms with van der Waals surface area (Å²) in [6.45, 7) is 21.1. The number of allylic oxidation sites excluding steroid dienone is 1. The Hall–Kier alpha value is -1.89. The van der Waals surface area contributed by atoms with Crippen molar-refractivity contribution < 1.29 is 19.1 Å². The minimum absolute atomic E-state index is 0.0213. The fraction of sp³-hybridized carbons (Fsp3) is 0.839. The highest BCUT2D eigenvalue weighted by molar-refractivity contribution is 5.81. The number of carbonyl (C=O) groups excluding carboxylic acids is 3. The lowest BCUT2D eigenvalue weighted by Crippen LogP contribution is -2.52. The summed E-state index contributed by atoms with van der Waals surface area (Å²) in [6, 6.07) is 0. The summed E-state index contributed by atoms with van der Waals surface area (Å²) in [7, 11) is 0. The maximum Gasteiger partial charge on any atom is 0.306 e. The summed E-state index contributed by atoms with van der Waals surface area (Å²) >= 11 is 0. The molecule has 0 aromatic heterocycles. The van der Waals surface area contributed by atoms with Crippen LogP contribution in [-0.4, -0.2) is 84.9 Å². The normalized spacial score (nSPS) is 23.8. The molecule has 3 unspecified atom stereocenters. The van der Waals surface area contributed by atoms with Gasteiger partial charge in [-0.2, -0.15) is 0 Å². The third-order valence-electron chi connectivity index (χ3n) is 9.05. The molecule has 7 nitrogen and oxygen atoms in total. The van der Waals surface area contributed by atoms with Crippen LogP contribution in [0.4, 0.5) is 0 Å². The van der Waals surface area contributed by atoms with E-state index in [9.17, 15) is 14.4 Å². The zero-order valence-electron chi connectivity index (χ0n) is 25.2. The van der Waals surface area contributed by atoms with Gasteiger partial charge in [0.1, 0.15) is 0 Å². The van der Waals surface area contributed by atoms with E-state index in [-0.39, 0.29) is 36.0 Å². The number of hydrogen-bond acceptors (Lipinski definition) is 5. The fourth-order valence-electron chi connectivity index (χ4n) is 6.80. The molecule has 0 N–H and O–H groups in total. The smallest absolute Gasteiger partial charge is 0.306 e. The minimum atomic E-state index is -0.310. The molecule has 1 aliphatic heterocycles. The zero-order valence-corrected chi connectivity index (χ0v) is 25.2. The first-order chi connectivity index (χ1) is 17.8. The first-order valence-corrected chi connectivity index (χ1v) is 14.9. The van der Waals surface area contributed by atoms with Crippen molar-refractivity contribution >= 4 is 17.8 Å². The molecule has 1 saturated heterocycles. The Morgan fingerprint density at radius 1 is 1.13 bits per heavy atom. The van der Waals surface area contributed by atoms with Crippen LogP contribution in [0.1, 0.15) is 87.0 Å². The molecule has 4 aliphatic rings. The summed E-state index contributed by atoms with van der Waals surface area (Å²) in [5.74, 6) is 1.74. The summed E-state index contributed by atoms with van der Waals surface area (Å²) in [6.07, 6.45) is 6.83. The minimum Gasteiger partial charge on any atom is -0.466 e. The summed E-state index contributed by atoms with van der Waals surface area (Å²) in [4.78, 5) is 44.0. The molecule has 1 heterocycles. The molecular formula is C31H53N3O4. The van der Waals surface area contributed by atoms with E-state index in [4.69, 9.17) is 4.74 Å². The maximum absolute atomic E-state index is 13.6. The van der Waals surface area contributed by atoms with Crippen LogP contribution in [0.3, 0.4) is 0 Å². The first kappa shape index (κ1) is 30.6. The van der Waals surface area contributed by atoms with Crippen LogP contribution < -0.4 is 0 Å². The summed E-state index contributed by atoms with van der Waals surface area (Å²) in [5.41, 5.74) is 2.04. The Morgan fingerprint density at radius 2 is 1.82 bits per heavy atom. The van der Waals surface area contributed by atoms with E-state index < -0.39 is 0 Å². The Balaban J connectivity index is 1.53. The van der Waals surface area contributed by atoms with Crippen molar-refractivity contribution in [2.45, 2.75) is 87.0 Å². The third kappa shape index (κ3) is 8.30. The van der Waals surface area contributed by atoms with Crippen LogP contribution in [0, 0.1) is 28.6 Å². The topological polar surface area (TPSA) is 70.2 Å². The van der Waals surface area contributed by atoms with Crippen molar-refractivity contribution in [2.75, 3.05) is 52.4 Å². The molecule has 0 radical (unpaired) electrons. The molecule has 0 aromatic rings. The number of esters is 1. The lowest BCUT2D eigenvalue weighted by atomic mass is 9.49. The Morgan fingerprint density at radius 3 is 2.39 bits per heavy atom. The highest BCUT2D eigenvalue weighted by atomic mass is 16.5. The monoisotopic (exact) mass is 531 g/mol. The molecule has 2 fully saturated rings. The molecule has 4 rings (SSSR count). The number of nitrogens with zero attached hydrogens (tertiary/aromatic N) is 3. The number of piperazine rings is 1. The number of fused-ring (bicyclic) bond motifs is 1. The van der Waals surface area contributed by atoms with Crippen molar-refractivity contribution in [1.29, 1.82) is 0 Å². The number of ether oxygens (including phenoxy) is 1. The fourth-order valence-corrected chi connectivity index (χ4v) is 6.80. The molecule has 7 heteroatoms. The van der Waals surface area contributed by atoms with Crippen molar-refractivity contribution in [1.82, 2.24) is 14.7 Å². The second-order valence-corrected chi connectivity index (χ2v) is 13.7. The lowest BCUT2D eigenvalue weighted by Gasteiger charge is -2.57. The van der Waals surface area contributed by atoms with Gasteiger partial charge in [-0.1, -0.05) is 53.2 Å². The van der Waals surface area contributed by atoms with Crippen molar-refractivity contribution in [3.63, 3.8) is 0 Å². The molecule has 216 valence electrons. The van der Waals surface area contributed by atoms with Gasteiger partial charge in [0, 0.05) is 58.7 Å². The second-order valence-electron chi connectivity index (χ2n) is 13.7. The van der Waals surface area contributed by atoms with Crippen molar-refractivity contribution in [3.05, 3.63) is 11.6 Å². The van der Waals surface area contributed by atoms with E-state index in [1.165, 1.54) is 12.0 Å². The van der Waals surface area contributed by atoms with E-state index in [1.807, 2.05) is 4.90 Å². The van der Waals surface area contributed by atoms with Gasteiger partial charge in [-0.25, -0.2) is 0 Å². The van der Waals surface area contributed by atoms with E-state index in [1.54, 1.807) is 6.92 Å². The van der Waals surface area contributed by atoms with Crippen LogP contribution >= 0.6 is 0 Å². The number of amides is 2. The van der Waals surface area contributed by atoms with Gasteiger partial charge in [-0.05, 0) is 54.8 Å². The summed E-state index contributed by atoms with van der Waals surface area (Å²) in [5, 5.41) is 0. The van der Waals surface area contributed by atoms with E-state index in [2.05, 4.69) is 57.4 Å². The van der Waals surface area contributed by atoms with Crippen molar-refractivity contribution in [3.8, 4) is 0 Å². The van der Waals surface area contributed by atoms with Crippen LogP contribution in [0.15, 0.2) is 11.6 Å². The zero-order chi connectivity index (χ0) is 28.1. The van der Waals surface area contributed by atoms with Crippen LogP contribution in [0.25, 0.3) is 0 Å². The molecule has 38 heavy (non-hydrogen) atoms. The highest BCUT2D eigenvalue weighted by Crippen LogP contribution is 2.59. The van der Waals surface area contributed by atoms with E-state index in [0.29, 0.717) is 43.4 Å². The molecule has 0 aromatic carbocycles. The number of hydrogen-bond donors (Lipinski definition) is 0. The van der Waals surface area contributed by atoms with Gasteiger partial charge in [0.25, 0.3) is 0 Å². The van der Waals surface area contributed by atoms with Gasteiger partial charge in [-0.3, -0.25) is 19.3 Å². The summed E-state index contributed by atoms with van der Waals surface area (Å²) < 4.78 is 4.94. The molecule has 3 aliphatic carbocycles. The second kappa shape index (κ2) is 13.0. The molecule has 2 amide bonds. The van der Waals surface area contributed by atoms with Gasteiger partial charge in [0.2, 0.25) is 11.8 Å². The Bertz CT molecular complexity index is 867. The predicted octanol–water partition coefficient (Wildman–Crippen LogP) is 4.76. The largest absolute Gasteiger partial charge is 0.466 e. The predicted molar refractivity (Wildman–Crippen MR) is 151 cm³/mol. The van der Waals surface area contributed by atoms with Gasteiger partial charge < -0.3 is 14.5 Å². The first-order valence-electron chi connectivity index (χ1n) is 14.9. The highest BCUT2D eigenvalue weighted by Gasteiger charge is 2.51. The van der Waals surface area contributed by atoms with Crippen LogP contribution in [0.2, 0.25) is 0 Å². The van der Waals surface area contributed by atoms with Gasteiger partial charge >= 0.3 is 5.97 Å².